The number of benzene rings is 2. The minimum Gasteiger partial charge on any atom is -0.872 e. The monoisotopic (exact) mass is 472 g/mol. The molecule has 30 heavy (non-hydrogen) atoms. The van der Waals surface area contributed by atoms with Gasteiger partial charge in [0.05, 0.1) is 33.8 Å². The molecule has 1 N–H and O–H groups in total. The van der Waals surface area contributed by atoms with E-state index in [-0.39, 0.29) is 5.57 Å². The van der Waals surface area contributed by atoms with Crippen molar-refractivity contribution in [3.05, 3.63) is 69.7 Å². The van der Waals surface area contributed by atoms with Gasteiger partial charge in [0, 0.05) is 23.0 Å². The number of nitrogens with zero attached hydrogens (tertiary/aromatic N) is 1. The molecule has 0 aliphatic carbocycles. The van der Waals surface area contributed by atoms with Crippen LogP contribution in [0.15, 0.2) is 58.6 Å². The van der Waals surface area contributed by atoms with Crippen LogP contribution in [0.5, 0.6) is 5.75 Å². The third-order valence-corrected chi connectivity index (χ3v) is 5.59. The van der Waals surface area contributed by atoms with Gasteiger partial charge in [-0.2, -0.15) is 0 Å². The predicted octanol–water partition coefficient (Wildman–Crippen LogP) is 1.22. The first-order valence-corrected chi connectivity index (χ1v) is 10.6. The summed E-state index contributed by atoms with van der Waals surface area (Å²) >= 11 is 3.45. The molecule has 1 saturated heterocycles. The highest BCUT2D eigenvalue weighted by Crippen LogP contribution is 2.39. The van der Waals surface area contributed by atoms with E-state index in [4.69, 9.17) is 4.74 Å². The largest absolute Gasteiger partial charge is 0.872 e. The zero-order valence-electron chi connectivity index (χ0n) is 17.3. The van der Waals surface area contributed by atoms with Crippen LogP contribution >= 0.6 is 15.9 Å². The van der Waals surface area contributed by atoms with Crippen molar-refractivity contribution in [2.24, 2.45) is 0 Å². The molecule has 1 aliphatic rings. The van der Waals surface area contributed by atoms with Gasteiger partial charge in [-0.1, -0.05) is 46.0 Å². The molecule has 0 radical (unpaired) electrons. The fraction of sp³-hybridized carbons (Fsp3) is 0.304. The highest BCUT2D eigenvalue weighted by molar-refractivity contribution is 9.10. The molecule has 1 atom stereocenters. The number of nitrogens with one attached hydrogen (secondary N) is 1. The Morgan fingerprint density at radius 3 is 2.57 bits per heavy atom. The third kappa shape index (κ3) is 4.57. The summed E-state index contributed by atoms with van der Waals surface area (Å²) in [5.41, 5.74) is 1.04. The van der Waals surface area contributed by atoms with Gasteiger partial charge in [-0.25, -0.2) is 0 Å². The number of ether oxygens (including phenoxy) is 1. The molecule has 1 unspecified atom stereocenters. The Morgan fingerprint density at radius 2 is 1.90 bits per heavy atom. The fourth-order valence-corrected chi connectivity index (χ4v) is 4.06. The number of halogens is 1. The smallest absolute Gasteiger partial charge is 0.295 e. The summed E-state index contributed by atoms with van der Waals surface area (Å²) < 4.78 is 6.02. The van der Waals surface area contributed by atoms with Crippen LogP contribution in [0, 0.1) is 0 Å². The number of carbonyl (C=O) groups is 2. The Bertz CT molecular complexity index is 987. The topological polar surface area (TPSA) is 74.1 Å². The number of amides is 1. The molecule has 0 saturated carbocycles. The standard InChI is InChI=1S/C23H25BrN2O4/c1-25(2)11-6-12-26-20(15-7-4-9-17(24)13-15)19(22(28)23(26)29)21(27)16-8-5-10-18(14-16)30-3/h4-5,7-10,13-14,20,27H,6,11-12H2,1-3H3/b21-19+. The summed E-state index contributed by atoms with van der Waals surface area (Å²) in [6.45, 7) is 1.25. The highest BCUT2D eigenvalue weighted by Gasteiger charge is 2.44. The van der Waals surface area contributed by atoms with E-state index in [9.17, 15) is 14.7 Å². The van der Waals surface area contributed by atoms with Crippen LogP contribution in [0.3, 0.4) is 0 Å². The van der Waals surface area contributed by atoms with Crippen LogP contribution in [0.4, 0.5) is 0 Å². The second-order valence-corrected chi connectivity index (χ2v) is 8.49. The Morgan fingerprint density at radius 1 is 1.17 bits per heavy atom. The molecular formula is C23H25BrN2O4. The Balaban J connectivity index is 2.11. The number of Topliss-reactive ketones (excluding diaryl/α,β-unsaturated/α-hetero) is 1. The van der Waals surface area contributed by atoms with Crippen molar-refractivity contribution in [2.45, 2.75) is 12.5 Å². The van der Waals surface area contributed by atoms with Gasteiger partial charge in [-0.15, -0.1) is 0 Å². The number of quaternary nitrogens is 1. The van der Waals surface area contributed by atoms with Gasteiger partial charge in [0.25, 0.3) is 5.91 Å². The van der Waals surface area contributed by atoms with E-state index >= 15 is 0 Å². The van der Waals surface area contributed by atoms with Crippen LogP contribution in [0.1, 0.15) is 23.6 Å². The van der Waals surface area contributed by atoms with E-state index in [0.29, 0.717) is 17.9 Å². The summed E-state index contributed by atoms with van der Waals surface area (Å²) in [5.74, 6) is -1.29. The molecule has 1 fully saturated rings. The van der Waals surface area contributed by atoms with Crippen LogP contribution < -0.4 is 14.7 Å². The molecule has 2 aromatic carbocycles. The van der Waals surface area contributed by atoms with Crippen LogP contribution in [0.2, 0.25) is 0 Å². The van der Waals surface area contributed by atoms with Crippen molar-refractivity contribution >= 4 is 33.4 Å². The number of hydrogen-bond donors (Lipinski definition) is 1. The number of hydrogen-bond acceptors (Lipinski definition) is 4. The number of rotatable bonds is 7. The van der Waals surface area contributed by atoms with Crippen LogP contribution in [-0.4, -0.2) is 50.9 Å². The van der Waals surface area contributed by atoms with Crippen LogP contribution in [-0.2, 0) is 9.59 Å². The van der Waals surface area contributed by atoms with Gasteiger partial charge < -0.3 is 19.6 Å². The molecule has 6 nitrogen and oxygen atoms in total. The molecule has 158 valence electrons. The molecule has 1 aliphatic heterocycles. The molecule has 2 aromatic rings. The maximum atomic E-state index is 13.4. The summed E-state index contributed by atoms with van der Waals surface area (Å²) in [4.78, 5) is 28.6. The third-order valence-electron chi connectivity index (χ3n) is 5.10. The maximum absolute atomic E-state index is 13.4. The van der Waals surface area contributed by atoms with Crippen molar-refractivity contribution in [3.8, 4) is 5.75 Å². The minimum atomic E-state index is -0.731. The Hall–Kier alpha value is -2.64. The van der Waals surface area contributed by atoms with Crippen molar-refractivity contribution in [1.29, 1.82) is 0 Å². The van der Waals surface area contributed by atoms with E-state index in [0.717, 1.165) is 23.0 Å². The predicted molar refractivity (Wildman–Crippen MR) is 116 cm³/mol. The van der Waals surface area contributed by atoms with Gasteiger partial charge in [0.15, 0.2) is 0 Å². The van der Waals surface area contributed by atoms with Gasteiger partial charge in [0.1, 0.15) is 5.75 Å². The highest BCUT2D eigenvalue weighted by atomic mass is 79.9. The normalized spacial score (nSPS) is 18.3. The molecule has 0 bridgehead atoms. The van der Waals surface area contributed by atoms with Crippen molar-refractivity contribution < 1.29 is 24.3 Å². The summed E-state index contributed by atoms with van der Waals surface area (Å²) in [6, 6.07) is 13.3. The van der Waals surface area contributed by atoms with Crippen molar-refractivity contribution in [2.75, 3.05) is 34.3 Å². The van der Waals surface area contributed by atoms with Crippen molar-refractivity contribution in [3.63, 3.8) is 0 Å². The summed E-state index contributed by atoms with van der Waals surface area (Å²) in [5, 5.41) is 13.4. The zero-order valence-corrected chi connectivity index (χ0v) is 18.9. The first-order valence-electron chi connectivity index (χ1n) is 9.79. The molecule has 7 heteroatoms. The average Bonchev–Trinajstić information content (AvgIpc) is 2.98. The number of likely N-dealkylation sites (tertiary alicyclic amines) is 1. The molecule has 3 rings (SSSR count). The zero-order chi connectivity index (χ0) is 21.8. The van der Waals surface area contributed by atoms with Gasteiger partial charge in [-0.05, 0) is 35.4 Å². The molecule has 0 spiro atoms. The number of ketones is 1. The minimum absolute atomic E-state index is 0.0106. The maximum Gasteiger partial charge on any atom is 0.295 e. The van der Waals surface area contributed by atoms with Gasteiger partial charge in [-0.3, -0.25) is 9.59 Å². The Labute approximate surface area is 184 Å². The summed E-state index contributed by atoms with van der Waals surface area (Å²) in [7, 11) is 5.58. The van der Waals surface area contributed by atoms with E-state index in [2.05, 4.69) is 15.9 Å². The molecule has 1 amide bonds. The Kier molecular flexibility index (Phi) is 6.95. The lowest BCUT2D eigenvalue weighted by Gasteiger charge is -2.28. The second-order valence-electron chi connectivity index (χ2n) is 7.57. The lowest BCUT2D eigenvalue weighted by atomic mass is 9.95. The lowest BCUT2D eigenvalue weighted by Crippen LogP contribution is -3.05. The molecule has 0 aromatic heterocycles. The second kappa shape index (κ2) is 9.45. The lowest BCUT2D eigenvalue weighted by molar-refractivity contribution is -0.858. The van der Waals surface area contributed by atoms with E-state index in [1.54, 1.807) is 24.3 Å². The first-order chi connectivity index (χ1) is 14.3. The SMILES string of the molecule is COc1cccc(/C([O-])=C2\C(=O)C(=O)N(CCC[NH+](C)C)C2c2cccc(Br)c2)c1. The quantitative estimate of drug-likeness (QED) is 0.373. The molecular weight excluding hydrogens is 448 g/mol. The number of methoxy groups -OCH3 is 1. The first kappa shape index (κ1) is 22.1. The summed E-state index contributed by atoms with van der Waals surface area (Å²) in [6.07, 6.45) is 0.729. The average molecular weight is 473 g/mol. The fourth-order valence-electron chi connectivity index (χ4n) is 3.65. The van der Waals surface area contributed by atoms with E-state index < -0.39 is 23.5 Å². The molecule has 1 heterocycles. The van der Waals surface area contributed by atoms with Gasteiger partial charge in [0.2, 0.25) is 5.78 Å². The van der Waals surface area contributed by atoms with Crippen LogP contribution in [0.25, 0.3) is 5.76 Å². The van der Waals surface area contributed by atoms with Crippen molar-refractivity contribution in [1.82, 2.24) is 4.90 Å². The van der Waals surface area contributed by atoms with E-state index in [1.807, 2.05) is 38.4 Å². The number of carbonyl (C=O) groups excluding carboxylic acids is 2. The van der Waals surface area contributed by atoms with Gasteiger partial charge >= 0.3 is 0 Å². The van der Waals surface area contributed by atoms with E-state index in [1.165, 1.54) is 16.9 Å².